The number of nitrogens with one attached hydrogen (secondary N) is 1. The van der Waals surface area contributed by atoms with Crippen molar-refractivity contribution in [1.82, 2.24) is 5.32 Å². The Labute approximate surface area is 107 Å². The molecule has 94 valence electrons. The van der Waals surface area contributed by atoms with Gasteiger partial charge in [0.25, 0.3) is 0 Å². The van der Waals surface area contributed by atoms with Gasteiger partial charge in [0.1, 0.15) is 0 Å². The highest BCUT2D eigenvalue weighted by Crippen LogP contribution is 2.38. The Balaban J connectivity index is 2.02. The van der Waals surface area contributed by atoms with E-state index < -0.39 is 5.51 Å². The fourth-order valence-corrected chi connectivity index (χ4v) is 3.30. The summed E-state index contributed by atoms with van der Waals surface area (Å²) in [6.45, 7) is 0.969. The van der Waals surface area contributed by atoms with Gasteiger partial charge in [0.05, 0.1) is 5.37 Å². The van der Waals surface area contributed by atoms with Gasteiger partial charge in [0.2, 0.25) is 0 Å². The van der Waals surface area contributed by atoms with E-state index in [9.17, 15) is 13.2 Å². The summed E-state index contributed by atoms with van der Waals surface area (Å²) in [5.41, 5.74) is -3.17. The molecule has 0 radical (unpaired) electrons. The number of hydrogen-bond acceptors (Lipinski definition) is 3. The summed E-state index contributed by atoms with van der Waals surface area (Å²) >= 11 is 1.72. The van der Waals surface area contributed by atoms with Crippen molar-refractivity contribution in [3.8, 4) is 0 Å². The van der Waals surface area contributed by atoms with Crippen LogP contribution in [0.25, 0.3) is 0 Å². The number of hydrogen-bond donors (Lipinski definition) is 1. The topological polar surface area (TPSA) is 12.0 Å². The lowest BCUT2D eigenvalue weighted by Crippen LogP contribution is -2.25. The van der Waals surface area contributed by atoms with Crippen LogP contribution in [0.15, 0.2) is 29.2 Å². The van der Waals surface area contributed by atoms with Gasteiger partial charge in [-0.25, -0.2) is 0 Å². The molecule has 1 aromatic carbocycles. The van der Waals surface area contributed by atoms with Crippen molar-refractivity contribution in [3.63, 3.8) is 0 Å². The van der Waals surface area contributed by atoms with Gasteiger partial charge in [-0.05, 0) is 48.2 Å². The third-order valence-electron chi connectivity index (χ3n) is 2.35. The van der Waals surface area contributed by atoms with E-state index in [1.54, 1.807) is 23.9 Å². The Hall–Kier alpha value is -0.330. The van der Waals surface area contributed by atoms with Crippen LogP contribution in [0.1, 0.15) is 17.4 Å². The first-order chi connectivity index (χ1) is 8.04. The molecule has 1 atom stereocenters. The largest absolute Gasteiger partial charge is 0.446 e. The predicted molar refractivity (Wildman–Crippen MR) is 66.2 cm³/mol. The molecule has 0 saturated carbocycles. The molecule has 17 heavy (non-hydrogen) atoms. The third kappa shape index (κ3) is 4.12. The molecule has 1 fully saturated rings. The van der Waals surface area contributed by atoms with Gasteiger partial charge in [0.15, 0.2) is 0 Å². The fraction of sp³-hybridized carbons (Fsp3) is 0.455. The minimum absolute atomic E-state index is 0.0711. The van der Waals surface area contributed by atoms with Crippen molar-refractivity contribution < 1.29 is 13.2 Å². The molecular weight excluding hydrogens is 267 g/mol. The lowest BCUT2D eigenvalue weighted by molar-refractivity contribution is -0.0328. The van der Waals surface area contributed by atoms with Gasteiger partial charge in [-0.15, -0.1) is 11.8 Å². The molecule has 1 N–H and O–H groups in total. The number of benzene rings is 1. The van der Waals surface area contributed by atoms with Gasteiger partial charge in [-0.3, -0.25) is 0 Å². The van der Waals surface area contributed by atoms with Crippen LogP contribution in [0.4, 0.5) is 13.2 Å². The lowest BCUT2D eigenvalue weighted by atomic mass is 10.2. The van der Waals surface area contributed by atoms with E-state index >= 15 is 0 Å². The Morgan fingerprint density at radius 2 is 1.94 bits per heavy atom. The molecule has 0 amide bonds. The van der Waals surface area contributed by atoms with Crippen molar-refractivity contribution in [3.05, 3.63) is 29.8 Å². The molecule has 0 aliphatic carbocycles. The number of alkyl halides is 3. The number of rotatable bonds is 2. The highest BCUT2D eigenvalue weighted by atomic mass is 32.2. The van der Waals surface area contributed by atoms with Crippen LogP contribution in [0.3, 0.4) is 0 Å². The first kappa shape index (κ1) is 13.1. The molecule has 1 nitrogen and oxygen atoms in total. The maximum absolute atomic E-state index is 12.1. The summed E-state index contributed by atoms with van der Waals surface area (Å²) in [6, 6.07) is 6.60. The van der Waals surface area contributed by atoms with E-state index in [0.717, 1.165) is 24.3 Å². The fourth-order valence-electron chi connectivity index (χ4n) is 1.62. The van der Waals surface area contributed by atoms with Crippen molar-refractivity contribution in [1.29, 1.82) is 0 Å². The van der Waals surface area contributed by atoms with E-state index in [1.165, 1.54) is 12.1 Å². The van der Waals surface area contributed by atoms with Crippen molar-refractivity contribution in [2.24, 2.45) is 0 Å². The third-order valence-corrected chi connectivity index (χ3v) is 4.39. The summed E-state index contributed by atoms with van der Waals surface area (Å²) in [7, 11) is 0. The maximum atomic E-state index is 12.1. The Bertz CT molecular complexity index is 358. The van der Waals surface area contributed by atoms with Crippen LogP contribution in [0.2, 0.25) is 0 Å². The minimum atomic E-state index is -4.21. The quantitative estimate of drug-likeness (QED) is 0.821. The average molecular weight is 279 g/mol. The first-order valence-electron chi connectivity index (χ1n) is 5.25. The normalized spacial score (nSPS) is 21.5. The first-order valence-corrected chi connectivity index (χ1v) is 7.12. The molecule has 1 saturated heterocycles. The zero-order valence-electron chi connectivity index (χ0n) is 8.96. The lowest BCUT2D eigenvalue weighted by Gasteiger charge is -2.23. The summed E-state index contributed by atoms with van der Waals surface area (Å²) < 4.78 is 36.4. The molecule has 1 heterocycles. The minimum Gasteiger partial charge on any atom is -0.302 e. The summed E-state index contributed by atoms with van der Waals surface area (Å²) in [6.07, 6.45) is 1.14. The summed E-state index contributed by atoms with van der Waals surface area (Å²) in [4.78, 5) is 0.238. The average Bonchev–Trinajstić information content (AvgIpc) is 2.29. The Morgan fingerprint density at radius 1 is 1.24 bits per heavy atom. The molecule has 6 heteroatoms. The predicted octanol–water partition coefficient (Wildman–Crippen LogP) is 4.02. The highest BCUT2D eigenvalue weighted by Gasteiger charge is 2.29. The summed E-state index contributed by atoms with van der Waals surface area (Å²) in [5.74, 6) is 1.09. The molecule has 0 bridgehead atoms. The molecule has 1 aromatic rings. The monoisotopic (exact) mass is 279 g/mol. The van der Waals surface area contributed by atoms with Crippen molar-refractivity contribution in [2.75, 3.05) is 12.3 Å². The van der Waals surface area contributed by atoms with Crippen LogP contribution in [0, 0.1) is 0 Å². The van der Waals surface area contributed by atoms with E-state index in [2.05, 4.69) is 5.32 Å². The van der Waals surface area contributed by atoms with Gasteiger partial charge in [-0.1, -0.05) is 12.1 Å². The van der Waals surface area contributed by atoms with Gasteiger partial charge in [-0.2, -0.15) is 13.2 Å². The molecule has 0 aromatic heterocycles. The van der Waals surface area contributed by atoms with E-state index in [-0.39, 0.29) is 22.0 Å². The second-order valence-corrected chi connectivity index (χ2v) is 6.03. The Kier molecular flexibility index (Phi) is 4.27. The number of thioether (sulfide) groups is 2. The zero-order chi connectivity index (χ0) is 12.3. The van der Waals surface area contributed by atoms with E-state index in [1.807, 2.05) is 0 Å². The van der Waals surface area contributed by atoms with Crippen LogP contribution in [0.5, 0.6) is 0 Å². The molecule has 0 spiro atoms. The smallest absolute Gasteiger partial charge is 0.302 e. The molecule has 1 unspecified atom stereocenters. The summed E-state index contributed by atoms with van der Waals surface area (Å²) in [5, 5.41) is 3.55. The zero-order valence-corrected chi connectivity index (χ0v) is 10.6. The second kappa shape index (κ2) is 5.54. The SMILES string of the molecule is FC(F)(F)Sc1ccc(C2NCCCS2)cc1. The molecule has 2 rings (SSSR count). The van der Waals surface area contributed by atoms with Gasteiger partial charge in [0, 0.05) is 4.90 Å². The van der Waals surface area contributed by atoms with Crippen LogP contribution >= 0.6 is 23.5 Å². The van der Waals surface area contributed by atoms with E-state index in [0.29, 0.717) is 0 Å². The molecular formula is C11H12F3NS2. The standard InChI is InChI=1S/C11H12F3NS2/c12-11(13,14)17-9-4-2-8(3-5-9)10-15-6-1-7-16-10/h2-5,10,15H,1,6-7H2. The number of halogens is 3. The second-order valence-electron chi connectivity index (χ2n) is 3.68. The van der Waals surface area contributed by atoms with Gasteiger partial charge < -0.3 is 5.32 Å². The van der Waals surface area contributed by atoms with Crippen molar-refractivity contribution in [2.45, 2.75) is 22.2 Å². The maximum Gasteiger partial charge on any atom is 0.446 e. The van der Waals surface area contributed by atoms with E-state index in [4.69, 9.17) is 0 Å². The van der Waals surface area contributed by atoms with Crippen LogP contribution in [-0.4, -0.2) is 17.8 Å². The van der Waals surface area contributed by atoms with Crippen LogP contribution in [-0.2, 0) is 0 Å². The molecule has 1 aliphatic rings. The van der Waals surface area contributed by atoms with Crippen LogP contribution < -0.4 is 5.32 Å². The van der Waals surface area contributed by atoms with Gasteiger partial charge >= 0.3 is 5.51 Å². The Morgan fingerprint density at radius 3 is 2.47 bits per heavy atom. The highest BCUT2D eigenvalue weighted by molar-refractivity contribution is 8.00. The van der Waals surface area contributed by atoms with Crippen molar-refractivity contribution >= 4 is 23.5 Å². The molecule has 1 aliphatic heterocycles.